The molecular formula is C22H28N2. The number of aryl methyl sites for hydroxylation is 2. The van der Waals surface area contributed by atoms with Crippen LogP contribution in [-0.2, 0) is 6.54 Å². The standard InChI is InChI=1S/C22H28N2/c1-6-23(7-2)20-15-11-12-16(4)21(20)22-17(5)24(8-3)19-14-10-9-13-18(19)22/h9-15H,6-8H2,1-5H3. The van der Waals surface area contributed by atoms with Crippen molar-refractivity contribution in [2.24, 2.45) is 0 Å². The largest absolute Gasteiger partial charge is 0.372 e. The zero-order valence-corrected chi connectivity index (χ0v) is 15.6. The summed E-state index contributed by atoms with van der Waals surface area (Å²) < 4.78 is 2.43. The molecule has 0 aliphatic heterocycles. The normalized spacial score (nSPS) is 11.2. The highest BCUT2D eigenvalue weighted by Crippen LogP contribution is 2.41. The summed E-state index contributed by atoms with van der Waals surface area (Å²) in [6.07, 6.45) is 0. The van der Waals surface area contributed by atoms with E-state index in [1.165, 1.54) is 39.0 Å². The van der Waals surface area contributed by atoms with Gasteiger partial charge in [0, 0.05) is 53.0 Å². The van der Waals surface area contributed by atoms with Crippen LogP contribution in [0.2, 0.25) is 0 Å². The minimum Gasteiger partial charge on any atom is -0.372 e. The Morgan fingerprint density at radius 3 is 2.21 bits per heavy atom. The Kier molecular flexibility index (Phi) is 4.66. The zero-order chi connectivity index (χ0) is 17.3. The van der Waals surface area contributed by atoms with Crippen LogP contribution < -0.4 is 4.90 Å². The molecule has 0 amide bonds. The second kappa shape index (κ2) is 6.72. The Labute approximate surface area is 145 Å². The van der Waals surface area contributed by atoms with E-state index in [-0.39, 0.29) is 0 Å². The molecule has 0 N–H and O–H groups in total. The van der Waals surface area contributed by atoms with Crippen molar-refractivity contribution >= 4 is 16.6 Å². The molecule has 0 saturated carbocycles. The number of anilines is 1. The molecule has 3 rings (SSSR count). The van der Waals surface area contributed by atoms with Gasteiger partial charge >= 0.3 is 0 Å². The molecule has 0 radical (unpaired) electrons. The molecule has 2 heteroatoms. The fraction of sp³-hybridized carbons (Fsp3) is 0.364. The van der Waals surface area contributed by atoms with E-state index in [4.69, 9.17) is 0 Å². The third-order valence-electron chi connectivity index (χ3n) is 5.15. The van der Waals surface area contributed by atoms with Crippen LogP contribution in [0.5, 0.6) is 0 Å². The summed E-state index contributed by atoms with van der Waals surface area (Å²) in [4.78, 5) is 2.46. The van der Waals surface area contributed by atoms with Crippen LogP contribution in [0, 0.1) is 13.8 Å². The lowest BCUT2D eigenvalue weighted by Gasteiger charge is -2.25. The van der Waals surface area contributed by atoms with Crippen LogP contribution in [0.3, 0.4) is 0 Å². The molecule has 2 nitrogen and oxygen atoms in total. The highest BCUT2D eigenvalue weighted by Gasteiger charge is 2.20. The van der Waals surface area contributed by atoms with Gasteiger partial charge in [0.1, 0.15) is 0 Å². The van der Waals surface area contributed by atoms with Crippen molar-refractivity contribution in [2.75, 3.05) is 18.0 Å². The SMILES string of the molecule is CCN(CC)c1cccc(C)c1-c1c(C)n(CC)c2ccccc12. The molecule has 3 aromatic rings. The average molecular weight is 320 g/mol. The van der Waals surface area contributed by atoms with E-state index in [1.54, 1.807) is 0 Å². The van der Waals surface area contributed by atoms with Gasteiger partial charge in [0.25, 0.3) is 0 Å². The molecule has 1 aromatic heterocycles. The number of rotatable bonds is 5. The summed E-state index contributed by atoms with van der Waals surface area (Å²) in [5, 5.41) is 1.36. The quantitative estimate of drug-likeness (QED) is 0.577. The summed E-state index contributed by atoms with van der Waals surface area (Å²) in [6.45, 7) is 14.2. The second-order valence-corrected chi connectivity index (χ2v) is 6.36. The summed E-state index contributed by atoms with van der Waals surface area (Å²) in [7, 11) is 0. The molecule has 24 heavy (non-hydrogen) atoms. The van der Waals surface area contributed by atoms with Crippen LogP contribution in [0.25, 0.3) is 22.0 Å². The first-order valence-electron chi connectivity index (χ1n) is 9.06. The molecule has 0 spiro atoms. The number of hydrogen-bond donors (Lipinski definition) is 0. The molecule has 0 aliphatic carbocycles. The molecular weight excluding hydrogens is 292 g/mol. The Balaban J connectivity index is 2.39. The average Bonchev–Trinajstić information content (AvgIpc) is 2.88. The van der Waals surface area contributed by atoms with Crippen LogP contribution in [-0.4, -0.2) is 17.7 Å². The van der Waals surface area contributed by atoms with Crippen molar-refractivity contribution < 1.29 is 0 Å². The lowest BCUT2D eigenvalue weighted by atomic mass is 9.95. The number of benzene rings is 2. The molecule has 0 fully saturated rings. The monoisotopic (exact) mass is 320 g/mol. The highest BCUT2D eigenvalue weighted by atomic mass is 15.1. The number of hydrogen-bond acceptors (Lipinski definition) is 1. The van der Waals surface area contributed by atoms with Gasteiger partial charge < -0.3 is 9.47 Å². The van der Waals surface area contributed by atoms with Gasteiger partial charge in [-0.15, -0.1) is 0 Å². The first-order valence-corrected chi connectivity index (χ1v) is 9.06. The molecule has 2 aromatic carbocycles. The number of aromatic nitrogens is 1. The predicted octanol–water partition coefficient (Wildman–Crippen LogP) is 5.79. The first-order chi connectivity index (χ1) is 11.6. The third-order valence-corrected chi connectivity index (χ3v) is 5.15. The Morgan fingerprint density at radius 1 is 0.833 bits per heavy atom. The Bertz CT molecular complexity index is 854. The van der Waals surface area contributed by atoms with Crippen LogP contribution in [0.1, 0.15) is 32.0 Å². The van der Waals surface area contributed by atoms with Gasteiger partial charge in [-0.3, -0.25) is 0 Å². The van der Waals surface area contributed by atoms with Crippen molar-refractivity contribution in [3.63, 3.8) is 0 Å². The van der Waals surface area contributed by atoms with E-state index < -0.39 is 0 Å². The smallest absolute Gasteiger partial charge is 0.0488 e. The molecule has 0 saturated heterocycles. The summed E-state index contributed by atoms with van der Waals surface area (Å²) in [5.74, 6) is 0. The van der Waals surface area contributed by atoms with Crippen LogP contribution in [0.15, 0.2) is 42.5 Å². The molecule has 0 aliphatic rings. The van der Waals surface area contributed by atoms with Crippen molar-refractivity contribution in [1.29, 1.82) is 0 Å². The topological polar surface area (TPSA) is 8.17 Å². The molecule has 0 unspecified atom stereocenters. The van der Waals surface area contributed by atoms with Gasteiger partial charge in [-0.05, 0) is 52.3 Å². The van der Waals surface area contributed by atoms with Gasteiger partial charge in [0.15, 0.2) is 0 Å². The maximum absolute atomic E-state index is 2.46. The third kappa shape index (κ3) is 2.50. The predicted molar refractivity (Wildman–Crippen MR) is 106 cm³/mol. The molecule has 0 bridgehead atoms. The van der Waals surface area contributed by atoms with E-state index in [1.807, 2.05) is 0 Å². The van der Waals surface area contributed by atoms with Crippen molar-refractivity contribution in [2.45, 2.75) is 41.2 Å². The lowest BCUT2D eigenvalue weighted by molar-refractivity contribution is 0.770. The van der Waals surface area contributed by atoms with E-state index in [0.29, 0.717) is 0 Å². The highest BCUT2D eigenvalue weighted by molar-refractivity contribution is 6.02. The fourth-order valence-corrected chi connectivity index (χ4v) is 3.96. The summed E-state index contributed by atoms with van der Waals surface area (Å²) >= 11 is 0. The Morgan fingerprint density at radius 2 is 1.54 bits per heavy atom. The van der Waals surface area contributed by atoms with Crippen molar-refractivity contribution in [3.05, 3.63) is 53.7 Å². The van der Waals surface area contributed by atoms with E-state index in [9.17, 15) is 0 Å². The zero-order valence-electron chi connectivity index (χ0n) is 15.6. The van der Waals surface area contributed by atoms with E-state index in [0.717, 1.165) is 19.6 Å². The van der Waals surface area contributed by atoms with Crippen LogP contribution >= 0.6 is 0 Å². The number of nitrogens with zero attached hydrogens (tertiary/aromatic N) is 2. The summed E-state index contributed by atoms with van der Waals surface area (Å²) in [6, 6.07) is 15.5. The minimum absolute atomic E-state index is 0.999. The van der Waals surface area contributed by atoms with Gasteiger partial charge in [0.05, 0.1) is 0 Å². The molecule has 0 atom stereocenters. The maximum Gasteiger partial charge on any atom is 0.0488 e. The van der Waals surface area contributed by atoms with Crippen LogP contribution in [0.4, 0.5) is 5.69 Å². The number of para-hydroxylation sites is 1. The van der Waals surface area contributed by atoms with Crippen molar-refractivity contribution in [1.82, 2.24) is 4.57 Å². The van der Waals surface area contributed by atoms with Gasteiger partial charge in [-0.25, -0.2) is 0 Å². The van der Waals surface area contributed by atoms with E-state index in [2.05, 4.69) is 86.6 Å². The first kappa shape index (κ1) is 16.6. The maximum atomic E-state index is 2.46. The molecule has 126 valence electrons. The summed E-state index contributed by atoms with van der Waals surface area (Å²) in [5.41, 5.74) is 8.18. The molecule has 1 heterocycles. The van der Waals surface area contributed by atoms with E-state index >= 15 is 0 Å². The Hall–Kier alpha value is -2.22. The van der Waals surface area contributed by atoms with Gasteiger partial charge in [-0.1, -0.05) is 30.3 Å². The number of fused-ring (bicyclic) bond motifs is 1. The van der Waals surface area contributed by atoms with Gasteiger partial charge in [-0.2, -0.15) is 0 Å². The lowest BCUT2D eigenvalue weighted by Crippen LogP contribution is -2.22. The van der Waals surface area contributed by atoms with Crippen molar-refractivity contribution in [3.8, 4) is 11.1 Å². The fourth-order valence-electron chi connectivity index (χ4n) is 3.96. The van der Waals surface area contributed by atoms with Gasteiger partial charge in [0.2, 0.25) is 0 Å². The minimum atomic E-state index is 0.999. The second-order valence-electron chi connectivity index (χ2n) is 6.36.